The number of nitrogens with zero attached hydrogens (tertiary/aromatic N) is 1. The maximum absolute atomic E-state index is 12.6. The molecule has 0 atom stereocenters. The Labute approximate surface area is 133 Å². The quantitative estimate of drug-likeness (QED) is 0.837. The second kappa shape index (κ2) is 7.27. The number of carbonyl (C=O) groups excluding carboxylic acids is 1. The molecule has 0 saturated carbocycles. The molecule has 1 heterocycles. The molecule has 0 radical (unpaired) electrons. The molecule has 0 N–H and O–H groups in total. The van der Waals surface area contributed by atoms with Gasteiger partial charge in [0.05, 0.1) is 10.1 Å². The van der Waals surface area contributed by atoms with Crippen molar-refractivity contribution in [1.29, 1.82) is 0 Å². The van der Waals surface area contributed by atoms with Crippen molar-refractivity contribution in [3.63, 3.8) is 0 Å². The third kappa shape index (κ3) is 3.51. The number of hydrogen-bond acceptors (Lipinski definition) is 3. The number of sulfone groups is 1. The summed E-state index contributed by atoms with van der Waals surface area (Å²) in [5.41, 5.74) is 0. The molecule has 5 heteroatoms. The van der Waals surface area contributed by atoms with Gasteiger partial charge in [-0.05, 0) is 37.8 Å². The first-order chi connectivity index (χ1) is 10.5. The molecule has 1 aliphatic rings. The van der Waals surface area contributed by atoms with Gasteiger partial charge in [0.15, 0.2) is 9.84 Å². The number of piperidine rings is 1. The van der Waals surface area contributed by atoms with Gasteiger partial charge in [-0.25, -0.2) is 8.42 Å². The van der Waals surface area contributed by atoms with Gasteiger partial charge in [-0.1, -0.05) is 32.0 Å². The summed E-state index contributed by atoms with van der Waals surface area (Å²) in [5.74, 6) is 0.253. The Morgan fingerprint density at radius 1 is 1.14 bits per heavy atom. The summed E-state index contributed by atoms with van der Waals surface area (Å²) in [7, 11) is -3.28. The van der Waals surface area contributed by atoms with Gasteiger partial charge in [0.1, 0.15) is 0 Å². The van der Waals surface area contributed by atoms with Crippen LogP contribution in [0.5, 0.6) is 0 Å². The van der Waals surface area contributed by atoms with Crippen molar-refractivity contribution in [2.75, 3.05) is 13.1 Å². The lowest BCUT2D eigenvalue weighted by molar-refractivity contribution is -0.136. The smallest absolute Gasteiger partial charge is 0.225 e. The molecule has 0 unspecified atom stereocenters. The van der Waals surface area contributed by atoms with Gasteiger partial charge in [0.2, 0.25) is 5.91 Å². The number of carbonyl (C=O) groups is 1. The van der Waals surface area contributed by atoms with Crippen molar-refractivity contribution in [3.8, 4) is 0 Å². The second-order valence-corrected chi connectivity index (χ2v) is 8.12. The molecule has 0 aliphatic carbocycles. The molecule has 22 heavy (non-hydrogen) atoms. The van der Waals surface area contributed by atoms with Crippen LogP contribution in [0.1, 0.15) is 39.5 Å². The summed E-state index contributed by atoms with van der Waals surface area (Å²) in [5, 5.41) is -0.374. The second-order valence-electron chi connectivity index (χ2n) is 5.90. The molecular weight excluding hydrogens is 298 g/mol. The Hall–Kier alpha value is -1.36. The lowest BCUT2D eigenvalue weighted by Crippen LogP contribution is -2.44. The lowest BCUT2D eigenvalue weighted by atomic mass is 10.00. The first kappa shape index (κ1) is 17.0. The third-order valence-corrected chi connectivity index (χ3v) is 6.88. The van der Waals surface area contributed by atoms with Gasteiger partial charge < -0.3 is 4.90 Å². The van der Waals surface area contributed by atoms with E-state index in [0.717, 1.165) is 12.8 Å². The standard InChI is InChI=1S/C17H25NO3S/c1-3-14(4-2)17(19)18-12-10-16(11-13-18)22(20,21)15-8-6-5-7-9-15/h5-9,14,16H,3-4,10-13H2,1-2H3. The lowest BCUT2D eigenvalue weighted by Gasteiger charge is -2.33. The van der Waals surface area contributed by atoms with Crippen LogP contribution >= 0.6 is 0 Å². The van der Waals surface area contributed by atoms with E-state index in [4.69, 9.17) is 0 Å². The predicted octanol–water partition coefficient (Wildman–Crippen LogP) is 2.89. The predicted molar refractivity (Wildman–Crippen MR) is 87.3 cm³/mol. The van der Waals surface area contributed by atoms with Gasteiger partial charge in [0.25, 0.3) is 0 Å². The van der Waals surface area contributed by atoms with Crippen LogP contribution in [0.3, 0.4) is 0 Å². The van der Waals surface area contributed by atoms with E-state index >= 15 is 0 Å². The number of hydrogen-bond donors (Lipinski definition) is 0. The zero-order valence-corrected chi connectivity index (χ0v) is 14.2. The number of benzene rings is 1. The van der Waals surface area contributed by atoms with E-state index in [1.165, 1.54) is 0 Å². The summed E-state index contributed by atoms with van der Waals surface area (Å²) in [4.78, 5) is 14.6. The monoisotopic (exact) mass is 323 g/mol. The van der Waals surface area contributed by atoms with Crippen LogP contribution in [0.15, 0.2) is 35.2 Å². The first-order valence-electron chi connectivity index (χ1n) is 8.08. The molecule has 1 aromatic rings. The van der Waals surface area contributed by atoms with Crippen molar-refractivity contribution in [3.05, 3.63) is 30.3 Å². The van der Waals surface area contributed by atoms with Crippen LogP contribution in [0, 0.1) is 5.92 Å². The summed E-state index contributed by atoms with van der Waals surface area (Å²) >= 11 is 0. The molecule has 0 spiro atoms. The summed E-state index contributed by atoms with van der Waals surface area (Å²) in [6, 6.07) is 8.61. The highest BCUT2D eigenvalue weighted by atomic mass is 32.2. The van der Waals surface area contributed by atoms with Crippen LogP contribution in [0.25, 0.3) is 0 Å². The van der Waals surface area contributed by atoms with Crippen molar-refractivity contribution >= 4 is 15.7 Å². The number of amides is 1. The maximum Gasteiger partial charge on any atom is 0.225 e. The SMILES string of the molecule is CCC(CC)C(=O)N1CCC(S(=O)(=O)c2ccccc2)CC1. The van der Waals surface area contributed by atoms with Crippen molar-refractivity contribution in [2.24, 2.45) is 5.92 Å². The molecule has 1 aliphatic heterocycles. The van der Waals surface area contributed by atoms with Crippen molar-refractivity contribution in [2.45, 2.75) is 49.7 Å². The fraction of sp³-hybridized carbons (Fsp3) is 0.588. The van der Waals surface area contributed by atoms with E-state index in [2.05, 4.69) is 0 Å². The van der Waals surface area contributed by atoms with E-state index in [9.17, 15) is 13.2 Å². The minimum Gasteiger partial charge on any atom is -0.342 e. The number of rotatable bonds is 5. The Kier molecular flexibility index (Phi) is 5.62. The van der Waals surface area contributed by atoms with Crippen LogP contribution < -0.4 is 0 Å². The van der Waals surface area contributed by atoms with Crippen LogP contribution in [-0.2, 0) is 14.6 Å². The van der Waals surface area contributed by atoms with Gasteiger partial charge >= 0.3 is 0 Å². The fourth-order valence-corrected chi connectivity index (χ4v) is 4.84. The zero-order valence-electron chi connectivity index (χ0n) is 13.4. The molecular formula is C17H25NO3S. The van der Waals surface area contributed by atoms with E-state index < -0.39 is 9.84 Å². The average molecular weight is 323 g/mol. The number of likely N-dealkylation sites (tertiary alicyclic amines) is 1. The van der Waals surface area contributed by atoms with Crippen LogP contribution in [-0.4, -0.2) is 37.6 Å². The fourth-order valence-electron chi connectivity index (χ4n) is 3.09. The molecule has 1 amide bonds. The molecule has 1 saturated heterocycles. The van der Waals surface area contributed by atoms with Crippen molar-refractivity contribution < 1.29 is 13.2 Å². The van der Waals surface area contributed by atoms with E-state index in [0.29, 0.717) is 30.8 Å². The molecule has 1 aromatic carbocycles. The van der Waals surface area contributed by atoms with Gasteiger partial charge in [-0.15, -0.1) is 0 Å². The third-order valence-electron chi connectivity index (χ3n) is 4.60. The van der Waals surface area contributed by atoms with E-state index in [1.54, 1.807) is 24.3 Å². The minimum atomic E-state index is -3.28. The highest BCUT2D eigenvalue weighted by Crippen LogP contribution is 2.25. The Morgan fingerprint density at radius 2 is 1.68 bits per heavy atom. The van der Waals surface area contributed by atoms with Gasteiger partial charge in [-0.3, -0.25) is 4.79 Å². The maximum atomic E-state index is 12.6. The topological polar surface area (TPSA) is 54.5 Å². The largest absolute Gasteiger partial charge is 0.342 e. The van der Waals surface area contributed by atoms with E-state index in [1.807, 2.05) is 24.8 Å². The molecule has 1 fully saturated rings. The van der Waals surface area contributed by atoms with Crippen LogP contribution in [0.2, 0.25) is 0 Å². The Morgan fingerprint density at radius 3 is 2.18 bits per heavy atom. The molecule has 4 nitrogen and oxygen atoms in total. The average Bonchev–Trinajstić information content (AvgIpc) is 2.57. The summed E-state index contributed by atoms with van der Waals surface area (Å²) in [6.45, 7) is 5.15. The van der Waals surface area contributed by atoms with Crippen molar-refractivity contribution in [1.82, 2.24) is 4.90 Å². The highest BCUT2D eigenvalue weighted by molar-refractivity contribution is 7.92. The first-order valence-corrected chi connectivity index (χ1v) is 9.63. The molecule has 122 valence electrons. The molecule has 0 bridgehead atoms. The Bertz CT molecular complexity index is 586. The highest BCUT2D eigenvalue weighted by Gasteiger charge is 2.33. The van der Waals surface area contributed by atoms with Gasteiger partial charge in [0, 0.05) is 19.0 Å². The van der Waals surface area contributed by atoms with Gasteiger partial charge in [-0.2, -0.15) is 0 Å². The molecule has 2 rings (SSSR count). The Balaban J connectivity index is 2.02. The van der Waals surface area contributed by atoms with E-state index in [-0.39, 0.29) is 17.1 Å². The zero-order chi connectivity index (χ0) is 16.2. The van der Waals surface area contributed by atoms with Crippen LogP contribution in [0.4, 0.5) is 0 Å². The normalized spacial score (nSPS) is 17.0. The minimum absolute atomic E-state index is 0.0716. The summed E-state index contributed by atoms with van der Waals surface area (Å²) < 4.78 is 25.2. The molecule has 0 aromatic heterocycles. The summed E-state index contributed by atoms with van der Waals surface area (Å²) in [6.07, 6.45) is 2.75.